The van der Waals surface area contributed by atoms with Crippen molar-refractivity contribution >= 4 is 17.5 Å². The van der Waals surface area contributed by atoms with Gasteiger partial charge in [0.05, 0.1) is 6.54 Å². The van der Waals surface area contributed by atoms with Crippen molar-refractivity contribution < 1.29 is 14.1 Å². The molecule has 22 heavy (non-hydrogen) atoms. The zero-order valence-corrected chi connectivity index (χ0v) is 13.1. The zero-order valence-electron chi connectivity index (χ0n) is 13.1. The summed E-state index contributed by atoms with van der Waals surface area (Å²) in [7, 11) is 0. The van der Waals surface area contributed by atoms with Crippen LogP contribution in [0.25, 0.3) is 0 Å². The van der Waals surface area contributed by atoms with Crippen LogP contribution >= 0.6 is 0 Å². The van der Waals surface area contributed by atoms with Crippen LogP contribution in [0.3, 0.4) is 0 Å². The molecular formula is C16H19N3O3. The molecule has 6 heteroatoms. The topological polar surface area (TPSA) is 84.2 Å². The van der Waals surface area contributed by atoms with E-state index < -0.39 is 5.91 Å². The summed E-state index contributed by atoms with van der Waals surface area (Å²) in [6, 6.07) is 5.51. The van der Waals surface area contributed by atoms with Crippen LogP contribution in [-0.2, 0) is 4.79 Å². The highest BCUT2D eigenvalue weighted by atomic mass is 16.5. The van der Waals surface area contributed by atoms with Crippen molar-refractivity contribution in [1.82, 2.24) is 10.5 Å². The van der Waals surface area contributed by atoms with Crippen LogP contribution in [0.2, 0.25) is 0 Å². The monoisotopic (exact) mass is 301 g/mol. The first-order valence-corrected chi connectivity index (χ1v) is 6.96. The van der Waals surface area contributed by atoms with E-state index in [-0.39, 0.29) is 18.1 Å². The van der Waals surface area contributed by atoms with E-state index in [9.17, 15) is 9.59 Å². The summed E-state index contributed by atoms with van der Waals surface area (Å²) in [5.41, 5.74) is 4.06. The van der Waals surface area contributed by atoms with E-state index >= 15 is 0 Å². The number of carbonyl (C=O) groups is 2. The zero-order chi connectivity index (χ0) is 16.3. The minimum absolute atomic E-state index is 0.127. The Kier molecular flexibility index (Phi) is 4.60. The van der Waals surface area contributed by atoms with E-state index in [0.717, 1.165) is 22.4 Å². The molecule has 0 bridgehead atoms. The summed E-state index contributed by atoms with van der Waals surface area (Å²) < 4.78 is 4.82. The Bertz CT molecular complexity index is 696. The molecule has 116 valence electrons. The van der Waals surface area contributed by atoms with Gasteiger partial charge in [0.2, 0.25) is 5.91 Å². The van der Waals surface area contributed by atoms with Gasteiger partial charge in [-0.25, -0.2) is 0 Å². The van der Waals surface area contributed by atoms with E-state index in [1.807, 2.05) is 32.9 Å². The predicted molar refractivity (Wildman–Crippen MR) is 82.9 cm³/mol. The van der Waals surface area contributed by atoms with Gasteiger partial charge in [-0.15, -0.1) is 0 Å². The van der Waals surface area contributed by atoms with E-state index in [2.05, 4.69) is 15.8 Å². The van der Waals surface area contributed by atoms with Gasteiger partial charge in [-0.2, -0.15) is 0 Å². The second-order valence-corrected chi connectivity index (χ2v) is 5.33. The standard InChI is InChI=1S/C16H19N3O3/c1-9-5-10(2)15(11(3)6-9)18-14(20)8-17-16(21)13-7-12(4)22-19-13/h5-7H,8H2,1-4H3,(H,17,21)(H,18,20). The Morgan fingerprint density at radius 1 is 1.09 bits per heavy atom. The van der Waals surface area contributed by atoms with Crippen molar-refractivity contribution in [2.24, 2.45) is 0 Å². The number of hydrogen-bond donors (Lipinski definition) is 2. The molecule has 1 aromatic heterocycles. The molecule has 1 aromatic carbocycles. The number of carbonyl (C=O) groups excluding carboxylic acids is 2. The molecule has 2 amide bonds. The normalized spacial score (nSPS) is 10.4. The van der Waals surface area contributed by atoms with E-state index in [4.69, 9.17) is 4.52 Å². The Morgan fingerprint density at radius 3 is 2.27 bits per heavy atom. The molecule has 0 atom stereocenters. The number of nitrogens with one attached hydrogen (secondary N) is 2. The van der Waals surface area contributed by atoms with Crippen molar-refractivity contribution in [3.63, 3.8) is 0 Å². The van der Waals surface area contributed by atoms with Crippen molar-refractivity contribution in [2.75, 3.05) is 11.9 Å². The maximum absolute atomic E-state index is 12.0. The summed E-state index contributed by atoms with van der Waals surface area (Å²) in [4.78, 5) is 23.8. The maximum atomic E-state index is 12.0. The largest absolute Gasteiger partial charge is 0.361 e. The van der Waals surface area contributed by atoms with Crippen LogP contribution in [0, 0.1) is 27.7 Å². The number of hydrogen-bond acceptors (Lipinski definition) is 4. The lowest BCUT2D eigenvalue weighted by atomic mass is 10.1. The minimum Gasteiger partial charge on any atom is -0.361 e. The summed E-state index contributed by atoms with van der Waals surface area (Å²) in [6.07, 6.45) is 0. The lowest BCUT2D eigenvalue weighted by Crippen LogP contribution is -2.33. The van der Waals surface area contributed by atoms with Gasteiger partial charge in [0, 0.05) is 11.8 Å². The number of aryl methyl sites for hydroxylation is 4. The fourth-order valence-corrected chi connectivity index (χ4v) is 2.29. The minimum atomic E-state index is -0.440. The van der Waals surface area contributed by atoms with Gasteiger partial charge < -0.3 is 15.2 Å². The number of nitrogens with zero attached hydrogens (tertiary/aromatic N) is 1. The molecule has 2 rings (SSSR count). The third kappa shape index (κ3) is 3.72. The fourth-order valence-electron chi connectivity index (χ4n) is 2.29. The van der Waals surface area contributed by atoms with Crippen LogP contribution in [0.1, 0.15) is 32.9 Å². The fraction of sp³-hybridized carbons (Fsp3) is 0.312. The average Bonchev–Trinajstić information content (AvgIpc) is 2.87. The number of rotatable bonds is 4. The van der Waals surface area contributed by atoms with E-state index in [0.29, 0.717) is 5.76 Å². The van der Waals surface area contributed by atoms with Crippen LogP contribution < -0.4 is 10.6 Å². The van der Waals surface area contributed by atoms with Crippen molar-refractivity contribution in [2.45, 2.75) is 27.7 Å². The smallest absolute Gasteiger partial charge is 0.273 e. The van der Waals surface area contributed by atoms with Gasteiger partial charge >= 0.3 is 0 Å². The molecule has 0 saturated carbocycles. The number of aromatic nitrogens is 1. The first kappa shape index (κ1) is 15.8. The van der Waals surface area contributed by atoms with E-state index in [1.165, 1.54) is 6.07 Å². The number of benzene rings is 1. The van der Waals surface area contributed by atoms with Gasteiger partial charge in [0.25, 0.3) is 5.91 Å². The van der Waals surface area contributed by atoms with Gasteiger partial charge in [-0.05, 0) is 38.8 Å². The van der Waals surface area contributed by atoms with Gasteiger partial charge in [0.1, 0.15) is 5.76 Å². The van der Waals surface area contributed by atoms with Crippen molar-refractivity contribution in [3.05, 3.63) is 46.3 Å². The summed E-state index contributed by atoms with van der Waals surface area (Å²) in [6.45, 7) is 7.45. The SMILES string of the molecule is Cc1cc(C)c(NC(=O)CNC(=O)c2cc(C)on2)c(C)c1. The third-order valence-corrected chi connectivity index (χ3v) is 3.21. The molecule has 0 aliphatic carbocycles. The Labute approximate surface area is 128 Å². The first-order chi connectivity index (χ1) is 10.4. The molecule has 0 saturated heterocycles. The summed E-state index contributed by atoms with van der Waals surface area (Å²) in [5, 5.41) is 8.93. The summed E-state index contributed by atoms with van der Waals surface area (Å²) >= 11 is 0. The maximum Gasteiger partial charge on any atom is 0.273 e. The second kappa shape index (κ2) is 6.43. The average molecular weight is 301 g/mol. The number of anilines is 1. The number of amides is 2. The van der Waals surface area contributed by atoms with Crippen LogP contribution in [-0.4, -0.2) is 23.5 Å². The molecule has 0 radical (unpaired) electrons. The molecule has 6 nitrogen and oxygen atoms in total. The molecule has 0 fully saturated rings. The van der Waals surface area contributed by atoms with Crippen LogP contribution in [0.15, 0.2) is 22.7 Å². The predicted octanol–water partition coefficient (Wildman–Crippen LogP) is 2.28. The van der Waals surface area contributed by atoms with Crippen molar-refractivity contribution in [3.8, 4) is 0 Å². The molecular weight excluding hydrogens is 282 g/mol. The molecule has 0 aliphatic heterocycles. The van der Waals surface area contributed by atoms with Crippen LogP contribution in [0.4, 0.5) is 5.69 Å². The molecule has 0 spiro atoms. The van der Waals surface area contributed by atoms with Crippen LogP contribution in [0.5, 0.6) is 0 Å². The lowest BCUT2D eigenvalue weighted by Gasteiger charge is -2.13. The highest BCUT2D eigenvalue weighted by Gasteiger charge is 2.13. The Balaban J connectivity index is 1.95. The first-order valence-electron chi connectivity index (χ1n) is 6.96. The van der Waals surface area contributed by atoms with Gasteiger partial charge in [-0.1, -0.05) is 22.9 Å². The molecule has 0 aliphatic rings. The highest BCUT2D eigenvalue weighted by Crippen LogP contribution is 2.21. The highest BCUT2D eigenvalue weighted by molar-refractivity contribution is 5.99. The third-order valence-electron chi connectivity index (χ3n) is 3.21. The molecule has 0 unspecified atom stereocenters. The quantitative estimate of drug-likeness (QED) is 0.907. The Hall–Kier alpha value is -2.63. The summed E-state index contributed by atoms with van der Waals surface area (Å²) in [5.74, 6) is -0.187. The Morgan fingerprint density at radius 2 is 1.73 bits per heavy atom. The second-order valence-electron chi connectivity index (χ2n) is 5.33. The van der Waals surface area contributed by atoms with Gasteiger partial charge in [-0.3, -0.25) is 9.59 Å². The molecule has 1 heterocycles. The van der Waals surface area contributed by atoms with E-state index in [1.54, 1.807) is 6.92 Å². The van der Waals surface area contributed by atoms with Crippen molar-refractivity contribution in [1.29, 1.82) is 0 Å². The molecule has 2 N–H and O–H groups in total. The van der Waals surface area contributed by atoms with Gasteiger partial charge in [0.15, 0.2) is 5.69 Å². The molecule has 2 aromatic rings. The lowest BCUT2D eigenvalue weighted by molar-refractivity contribution is -0.115.